The molecule has 0 saturated heterocycles. The Hall–Kier alpha value is -3.60. The van der Waals surface area contributed by atoms with Crippen molar-refractivity contribution in [3.05, 3.63) is 59.7 Å². The fourth-order valence-electron chi connectivity index (χ4n) is 2.77. The topological polar surface area (TPSA) is 73.6 Å². The second-order valence-corrected chi connectivity index (χ2v) is 5.99. The highest BCUT2D eigenvalue weighted by Gasteiger charge is 2.65. The van der Waals surface area contributed by atoms with Crippen molar-refractivity contribution in [2.24, 2.45) is 10.2 Å². The first kappa shape index (κ1) is 16.8. The monoisotopic (exact) mass is 368 g/mol. The minimum absolute atomic E-state index is 0.0112. The Balaban J connectivity index is 1.62. The third-order valence-electron chi connectivity index (χ3n) is 4.31. The molecule has 2 aromatic carbocycles. The molecule has 0 saturated carbocycles. The number of rotatable bonds is 3. The first-order valence-electron chi connectivity index (χ1n) is 7.81. The number of aromatic hydroxyl groups is 1. The van der Waals surface area contributed by atoms with E-state index < -0.39 is 11.8 Å². The molecule has 4 rings (SSSR count). The molecule has 0 spiro atoms. The van der Waals surface area contributed by atoms with E-state index in [1.165, 1.54) is 30.3 Å². The molecule has 0 atom stereocenters. The molecule has 1 aliphatic rings. The Morgan fingerprint density at radius 2 is 1.74 bits per heavy atom. The Kier molecular flexibility index (Phi) is 3.56. The van der Waals surface area contributed by atoms with Crippen LogP contribution in [-0.2, 0) is 5.66 Å². The molecule has 1 aromatic heterocycles. The van der Waals surface area contributed by atoms with E-state index in [4.69, 9.17) is 6.42 Å². The molecule has 0 radical (unpaired) electrons. The van der Waals surface area contributed by atoms with Crippen molar-refractivity contribution >= 4 is 0 Å². The van der Waals surface area contributed by atoms with E-state index in [1.807, 2.05) is 0 Å². The number of terminal acetylenes is 1. The second-order valence-electron chi connectivity index (χ2n) is 5.99. The van der Waals surface area contributed by atoms with E-state index in [0.29, 0.717) is 28.1 Å². The molecule has 0 aliphatic carbocycles. The van der Waals surface area contributed by atoms with Gasteiger partial charge in [0, 0.05) is 16.7 Å². The van der Waals surface area contributed by atoms with Crippen molar-refractivity contribution in [2.75, 3.05) is 0 Å². The SMILES string of the molecule is C#Cc1ccc(-c2cc(-c3ccc(C4(C(F)(F)F)N=N4)cc3)[nH]n2)c(O)c1. The number of alkyl halides is 3. The molecular formula is C19H11F3N4O. The van der Waals surface area contributed by atoms with Crippen molar-refractivity contribution in [3.63, 3.8) is 0 Å². The Morgan fingerprint density at radius 1 is 1.04 bits per heavy atom. The van der Waals surface area contributed by atoms with Gasteiger partial charge < -0.3 is 5.11 Å². The average Bonchev–Trinajstić information content (AvgIpc) is 3.34. The van der Waals surface area contributed by atoms with Gasteiger partial charge in [0.25, 0.3) is 0 Å². The number of H-pyrrole nitrogens is 1. The van der Waals surface area contributed by atoms with E-state index >= 15 is 0 Å². The van der Waals surface area contributed by atoms with Crippen LogP contribution in [0.3, 0.4) is 0 Å². The molecule has 0 fully saturated rings. The van der Waals surface area contributed by atoms with Crippen LogP contribution in [0.4, 0.5) is 13.2 Å². The summed E-state index contributed by atoms with van der Waals surface area (Å²) in [7, 11) is 0. The minimum Gasteiger partial charge on any atom is -0.507 e. The number of nitrogens with zero attached hydrogens (tertiary/aromatic N) is 3. The van der Waals surface area contributed by atoms with E-state index in [-0.39, 0.29) is 11.3 Å². The highest BCUT2D eigenvalue weighted by Crippen LogP contribution is 2.52. The average molecular weight is 368 g/mol. The standard InChI is InChI=1S/C19H11F3N4O/c1-2-11-3-8-14(17(27)9-11)16-10-15(23-24-16)12-4-6-13(7-5-12)18(25-26-18)19(20,21)22/h1,3-10,27H,(H,23,24). The van der Waals surface area contributed by atoms with Gasteiger partial charge in [-0.1, -0.05) is 30.2 Å². The third kappa shape index (κ3) is 2.73. The summed E-state index contributed by atoms with van der Waals surface area (Å²) in [5, 5.41) is 23.4. The number of hydrogen-bond donors (Lipinski definition) is 2. The first-order valence-corrected chi connectivity index (χ1v) is 7.81. The smallest absolute Gasteiger partial charge is 0.442 e. The van der Waals surface area contributed by atoms with Gasteiger partial charge in [0.15, 0.2) is 0 Å². The van der Waals surface area contributed by atoms with Gasteiger partial charge in [0.1, 0.15) is 5.75 Å². The summed E-state index contributed by atoms with van der Waals surface area (Å²) in [6.45, 7) is 0. The summed E-state index contributed by atoms with van der Waals surface area (Å²) < 4.78 is 39.1. The first-order chi connectivity index (χ1) is 12.8. The number of phenols is 1. The molecule has 134 valence electrons. The number of nitrogens with one attached hydrogen (secondary N) is 1. The molecule has 27 heavy (non-hydrogen) atoms. The molecule has 2 heterocycles. The molecule has 5 nitrogen and oxygen atoms in total. The van der Waals surface area contributed by atoms with E-state index in [9.17, 15) is 18.3 Å². The molecule has 3 aromatic rings. The number of phenolic OH excluding ortho intramolecular Hbond substituents is 1. The van der Waals surface area contributed by atoms with Crippen LogP contribution in [0.1, 0.15) is 11.1 Å². The Morgan fingerprint density at radius 3 is 2.30 bits per heavy atom. The molecular weight excluding hydrogens is 357 g/mol. The Labute approximate surface area is 151 Å². The lowest BCUT2D eigenvalue weighted by molar-refractivity contribution is -0.166. The van der Waals surface area contributed by atoms with Gasteiger partial charge in [0.05, 0.1) is 11.4 Å². The summed E-state index contributed by atoms with van der Waals surface area (Å²) in [5.74, 6) is 2.42. The predicted octanol–water partition coefficient (Wildman–Crippen LogP) is 4.61. The van der Waals surface area contributed by atoms with Crippen molar-refractivity contribution in [1.82, 2.24) is 10.2 Å². The zero-order valence-corrected chi connectivity index (χ0v) is 13.6. The maximum atomic E-state index is 13.0. The maximum absolute atomic E-state index is 13.0. The summed E-state index contributed by atoms with van der Waals surface area (Å²) >= 11 is 0. The highest BCUT2D eigenvalue weighted by atomic mass is 19.4. The molecule has 0 unspecified atom stereocenters. The zero-order valence-electron chi connectivity index (χ0n) is 13.6. The fraction of sp³-hybridized carbons (Fsp3) is 0.105. The molecule has 1 aliphatic heterocycles. The summed E-state index contributed by atoms with van der Waals surface area (Å²) in [6, 6.07) is 12.2. The number of benzene rings is 2. The summed E-state index contributed by atoms with van der Waals surface area (Å²) in [6.07, 6.45) is 0.737. The van der Waals surface area contributed by atoms with Crippen LogP contribution in [-0.4, -0.2) is 21.5 Å². The van der Waals surface area contributed by atoms with Crippen molar-refractivity contribution < 1.29 is 18.3 Å². The maximum Gasteiger partial charge on any atom is 0.442 e. The van der Waals surface area contributed by atoms with Gasteiger partial charge in [-0.05, 0) is 29.8 Å². The fourth-order valence-corrected chi connectivity index (χ4v) is 2.77. The van der Waals surface area contributed by atoms with E-state index in [1.54, 1.807) is 18.2 Å². The molecule has 0 amide bonds. The van der Waals surface area contributed by atoms with Crippen LogP contribution in [0, 0.1) is 12.3 Å². The lowest BCUT2D eigenvalue weighted by Gasteiger charge is -2.14. The summed E-state index contributed by atoms with van der Waals surface area (Å²) in [5.41, 5.74) is 0.250. The van der Waals surface area contributed by atoms with E-state index in [2.05, 4.69) is 26.3 Å². The molecule has 8 heteroatoms. The van der Waals surface area contributed by atoms with Crippen molar-refractivity contribution in [2.45, 2.75) is 11.8 Å². The second kappa shape index (κ2) is 5.71. The number of aromatic amines is 1. The third-order valence-corrected chi connectivity index (χ3v) is 4.31. The number of hydrogen-bond acceptors (Lipinski definition) is 4. The van der Waals surface area contributed by atoms with Gasteiger partial charge in [-0.2, -0.15) is 18.3 Å². The Bertz CT molecular complexity index is 1090. The number of halogens is 3. The zero-order chi connectivity index (χ0) is 19.2. The minimum atomic E-state index is -4.56. The normalized spacial score (nSPS) is 14.7. The summed E-state index contributed by atoms with van der Waals surface area (Å²) in [4.78, 5) is 0. The van der Waals surface area contributed by atoms with E-state index in [0.717, 1.165) is 0 Å². The van der Waals surface area contributed by atoms with Crippen molar-refractivity contribution in [1.29, 1.82) is 0 Å². The molecule has 2 N–H and O–H groups in total. The van der Waals surface area contributed by atoms with Gasteiger partial charge >= 0.3 is 11.8 Å². The lowest BCUT2D eigenvalue weighted by atomic mass is 10.00. The van der Waals surface area contributed by atoms with Gasteiger partial charge in [-0.25, -0.2) is 0 Å². The van der Waals surface area contributed by atoms with Crippen LogP contribution >= 0.6 is 0 Å². The van der Waals surface area contributed by atoms with Crippen LogP contribution in [0.5, 0.6) is 5.75 Å². The van der Waals surface area contributed by atoms with Crippen LogP contribution < -0.4 is 0 Å². The van der Waals surface area contributed by atoms with Gasteiger partial charge in [-0.3, -0.25) is 5.10 Å². The highest BCUT2D eigenvalue weighted by molar-refractivity contribution is 5.73. The van der Waals surface area contributed by atoms with Crippen molar-refractivity contribution in [3.8, 4) is 40.6 Å². The number of aromatic nitrogens is 2. The van der Waals surface area contributed by atoms with Crippen LogP contribution in [0.2, 0.25) is 0 Å². The lowest BCUT2D eigenvalue weighted by Crippen LogP contribution is -2.29. The van der Waals surface area contributed by atoms with Gasteiger partial charge in [-0.15, -0.1) is 16.7 Å². The molecule has 0 bridgehead atoms. The quantitative estimate of drug-likeness (QED) is 0.663. The predicted molar refractivity (Wildman–Crippen MR) is 91.6 cm³/mol. The van der Waals surface area contributed by atoms with Crippen LogP contribution in [0.25, 0.3) is 22.5 Å². The van der Waals surface area contributed by atoms with Crippen LogP contribution in [0.15, 0.2) is 58.8 Å². The van der Waals surface area contributed by atoms with Gasteiger partial charge in [0.2, 0.25) is 0 Å². The largest absolute Gasteiger partial charge is 0.507 e.